The molecular formula is C19H20ClFN5O5PS. The van der Waals surface area contributed by atoms with Gasteiger partial charge in [0.15, 0.2) is 17.7 Å². The van der Waals surface area contributed by atoms with Gasteiger partial charge < -0.3 is 29.1 Å². The Morgan fingerprint density at radius 3 is 3.03 bits per heavy atom. The quantitative estimate of drug-likeness (QED) is 0.489. The van der Waals surface area contributed by atoms with Crippen LogP contribution in [0.25, 0.3) is 11.2 Å². The van der Waals surface area contributed by atoms with Crippen LogP contribution in [0.15, 0.2) is 30.9 Å². The molecule has 176 valence electrons. The highest BCUT2D eigenvalue weighted by molar-refractivity contribution is 8.07. The van der Waals surface area contributed by atoms with E-state index in [1.54, 1.807) is 16.7 Å². The van der Waals surface area contributed by atoms with E-state index in [0.29, 0.717) is 28.2 Å². The molecule has 0 saturated carbocycles. The molecule has 2 aliphatic heterocycles. The van der Waals surface area contributed by atoms with E-state index in [9.17, 15) is 9.50 Å². The second-order valence-corrected chi connectivity index (χ2v) is 11.1. The summed E-state index contributed by atoms with van der Waals surface area (Å²) in [7, 11) is 0. The van der Waals surface area contributed by atoms with Crippen molar-refractivity contribution in [1.29, 1.82) is 0 Å². The molecule has 0 spiro atoms. The molecule has 1 aromatic carbocycles. The summed E-state index contributed by atoms with van der Waals surface area (Å²) < 4.78 is 39.2. The van der Waals surface area contributed by atoms with Crippen molar-refractivity contribution >= 4 is 47.1 Å². The maximum absolute atomic E-state index is 14.3. The van der Waals surface area contributed by atoms with Crippen LogP contribution in [0.3, 0.4) is 0 Å². The maximum atomic E-state index is 14.3. The van der Waals surface area contributed by atoms with Crippen LogP contribution in [0.4, 0.5) is 10.2 Å². The summed E-state index contributed by atoms with van der Waals surface area (Å²) >= 11 is 11.3. The third-order valence-corrected chi connectivity index (χ3v) is 8.04. The van der Waals surface area contributed by atoms with Gasteiger partial charge in [0, 0.05) is 23.4 Å². The number of nitrogen functional groups attached to an aromatic ring is 1. The van der Waals surface area contributed by atoms with Gasteiger partial charge in [0.05, 0.1) is 31.7 Å². The van der Waals surface area contributed by atoms with Gasteiger partial charge >= 0.3 is 6.72 Å². The SMILES string of the molecule is Nc1ncnc2c1ncn2[C@@H]1O[C@H](COP2(=S)OCCC(c3ccc(Cl)cc3F)O2)C[C@@H]1O. The molecule has 2 aromatic heterocycles. The number of hydrogen-bond donors (Lipinski definition) is 2. The van der Waals surface area contributed by atoms with Crippen LogP contribution in [0, 0.1) is 5.82 Å². The number of nitrogens with zero attached hydrogens (tertiary/aromatic N) is 4. The van der Waals surface area contributed by atoms with Crippen molar-refractivity contribution in [2.75, 3.05) is 18.9 Å². The zero-order chi connectivity index (χ0) is 23.2. The van der Waals surface area contributed by atoms with Gasteiger partial charge in [-0.3, -0.25) is 4.57 Å². The Morgan fingerprint density at radius 1 is 1.36 bits per heavy atom. The molecule has 3 N–H and O–H groups in total. The molecule has 0 aliphatic carbocycles. The second kappa shape index (κ2) is 9.12. The summed E-state index contributed by atoms with van der Waals surface area (Å²) in [6.07, 6.45) is 0.869. The first-order valence-electron chi connectivity index (χ1n) is 10.1. The molecule has 0 bridgehead atoms. The molecule has 10 nitrogen and oxygen atoms in total. The van der Waals surface area contributed by atoms with E-state index in [-0.39, 0.29) is 25.5 Å². The molecular weight excluding hydrogens is 496 g/mol. The lowest BCUT2D eigenvalue weighted by Crippen LogP contribution is -2.20. The molecule has 2 unspecified atom stereocenters. The number of anilines is 1. The van der Waals surface area contributed by atoms with E-state index in [1.165, 1.54) is 18.7 Å². The Morgan fingerprint density at radius 2 is 2.21 bits per heavy atom. The highest BCUT2D eigenvalue weighted by atomic mass is 35.5. The number of nitrogens with two attached hydrogens (primary N) is 1. The van der Waals surface area contributed by atoms with Crippen LogP contribution in [-0.4, -0.2) is 50.0 Å². The largest absolute Gasteiger partial charge is 0.388 e. The third kappa shape index (κ3) is 4.62. The van der Waals surface area contributed by atoms with E-state index in [4.69, 9.17) is 47.4 Å². The van der Waals surface area contributed by atoms with E-state index < -0.39 is 37.1 Å². The van der Waals surface area contributed by atoms with Crippen molar-refractivity contribution < 1.29 is 27.8 Å². The zero-order valence-electron chi connectivity index (χ0n) is 17.1. The number of aliphatic hydroxyl groups excluding tert-OH is 1. The Balaban J connectivity index is 1.25. The fraction of sp³-hybridized carbons (Fsp3) is 0.421. The topological polar surface area (TPSA) is 127 Å². The van der Waals surface area contributed by atoms with Gasteiger partial charge in [-0.25, -0.2) is 19.3 Å². The first-order valence-corrected chi connectivity index (χ1v) is 13.1. The van der Waals surface area contributed by atoms with Crippen molar-refractivity contribution in [1.82, 2.24) is 19.5 Å². The molecule has 2 fully saturated rings. The van der Waals surface area contributed by atoms with Crippen LogP contribution in [-0.2, 0) is 30.1 Å². The maximum Gasteiger partial charge on any atom is 0.327 e. The first-order chi connectivity index (χ1) is 15.8. The molecule has 2 aliphatic rings. The fourth-order valence-corrected chi connectivity index (χ4v) is 6.15. The summed E-state index contributed by atoms with van der Waals surface area (Å²) in [5.41, 5.74) is 7.05. The average molecular weight is 516 g/mol. The van der Waals surface area contributed by atoms with Gasteiger partial charge in [-0.05, 0) is 23.9 Å². The van der Waals surface area contributed by atoms with E-state index in [1.807, 2.05) is 0 Å². The van der Waals surface area contributed by atoms with Crippen molar-refractivity contribution in [2.24, 2.45) is 0 Å². The molecule has 4 heterocycles. The van der Waals surface area contributed by atoms with Gasteiger partial charge in [0.25, 0.3) is 0 Å². The Bertz CT molecular complexity index is 1230. The number of imidazole rings is 1. The van der Waals surface area contributed by atoms with Gasteiger partial charge in [-0.15, -0.1) is 0 Å². The fourth-order valence-electron chi connectivity index (χ4n) is 3.87. The number of rotatable bonds is 5. The second-order valence-electron chi connectivity index (χ2n) is 7.66. The van der Waals surface area contributed by atoms with Crippen molar-refractivity contribution in [3.8, 4) is 0 Å². The summed E-state index contributed by atoms with van der Waals surface area (Å²) in [6, 6.07) is 4.39. The number of aliphatic hydroxyl groups is 1. The molecule has 0 amide bonds. The van der Waals surface area contributed by atoms with E-state index in [2.05, 4.69) is 15.0 Å². The monoisotopic (exact) mass is 515 g/mol. The van der Waals surface area contributed by atoms with E-state index >= 15 is 0 Å². The number of ether oxygens (including phenoxy) is 1. The lowest BCUT2D eigenvalue weighted by atomic mass is 10.1. The smallest absolute Gasteiger partial charge is 0.327 e. The molecule has 5 rings (SSSR count). The Labute approximate surface area is 198 Å². The van der Waals surface area contributed by atoms with Gasteiger partial charge in [-0.1, -0.05) is 17.7 Å². The van der Waals surface area contributed by atoms with Gasteiger partial charge in [0.1, 0.15) is 23.8 Å². The molecule has 5 atom stereocenters. The normalized spacial score (nSPS) is 30.2. The number of benzene rings is 1. The van der Waals surface area contributed by atoms with E-state index in [0.717, 1.165) is 0 Å². The number of aromatic nitrogens is 4. The minimum absolute atomic E-state index is 0.0322. The summed E-state index contributed by atoms with van der Waals surface area (Å²) in [5.74, 6) is -0.236. The molecule has 0 radical (unpaired) electrons. The predicted octanol–water partition coefficient (Wildman–Crippen LogP) is 3.27. The molecule has 14 heteroatoms. The highest BCUT2D eigenvalue weighted by Gasteiger charge is 2.39. The zero-order valence-corrected chi connectivity index (χ0v) is 19.5. The van der Waals surface area contributed by atoms with Gasteiger partial charge in [-0.2, -0.15) is 0 Å². The molecule has 33 heavy (non-hydrogen) atoms. The standard InChI is InChI=1S/C19H20ClFN5O5PS/c20-10-1-2-12(13(21)5-10)15-3-4-28-32(33,31-15)29-7-11-6-14(27)19(30-11)26-9-25-16-17(22)23-8-24-18(16)26/h1-2,5,8-9,11,14-15,19,27H,3-4,6-7H2,(H2,22,23,24)/t11-,14-,15?,19+,32?/m0/s1. The van der Waals surface area contributed by atoms with Crippen LogP contribution in [0.1, 0.15) is 30.7 Å². The van der Waals surface area contributed by atoms with Gasteiger partial charge in [0.2, 0.25) is 0 Å². The number of hydrogen-bond acceptors (Lipinski definition) is 10. The minimum Gasteiger partial charge on any atom is -0.388 e. The molecule has 2 saturated heterocycles. The van der Waals surface area contributed by atoms with Crippen LogP contribution >= 0.6 is 18.3 Å². The number of fused-ring (bicyclic) bond motifs is 1. The Hall–Kier alpha value is -1.76. The van der Waals surface area contributed by atoms with Crippen molar-refractivity contribution in [3.63, 3.8) is 0 Å². The molecule has 3 aromatic rings. The first kappa shape index (κ1) is 23.0. The lowest BCUT2D eigenvalue weighted by Gasteiger charge is -2.32. The summed E-state index contributed by atoms with van der Waals surface area (Å²) in [4.78, 5) is 12.3. The van der Waals surface area contributed by atoms with Crippen LogP contribution in [0.5, 0.6) is 0 Å². The van der Waals surface area contributed by atoms with Crippen molar-refractivity contribution in [2.45, 2.75) is 37.4 Å². The lowest BCUT2D eigenvalue weighted by molar-refractivity contribution is -0.0506. The predicted molar refractivity (Wildman–Crippen MR) is 120 cm³/mol. The number of halogens is 2. The van der Waals surface area contributed by atoms with Crippen LogP contribution in [0.2, 0.25) is 5.02 Å². The van der Waals surface area contributed by atoms with Crippen molar-refractivity contribution in [3.05, 3.63) is 47.3 Å². The summed E-state index contributed by atoms with van der Waals surface area (Å²) in [6.45, 7) is -2.85. The third-order valence-electron chi connectivity index (χ3n) is 5.44. The summed E-state index contributed by atoms with van der Waals surface area (Å²) in [5, 5.41) is 10.9. The highest BCUT2D eigenvalue weighted by Crippen LogP contribution is 2.57. The van der Waals surface area contributed by atoms with Crippen LogP contribution < -0.4 is 5.73 Å². The Kier molecular flexibility index (Phi) is 6.36. The minimum atomic E-state index is -3.15. The average Bonchev–Trinajstić information content (AvgIpc) is 3.36.